The van der Waals surface area contributed by atoms with Gasteiger partial charge in [0.25, 0.3) is 0 Å². The van der Waals surface area contributed by atoms with E-state index in [4.69, 9.17) is 10.5 Å². The summed E-state index contributed by atoms with van der Waals surface area (Å²) in [5, 5.41) is 1.16. The van der Waals surface area contributed by atoms with E-state index in [1.54, 1.807) is 11.3 Å². The fourth-order valence-electron chi connectivity index (χ4n) is 2.05. The van der Waals surface area contributed by atoms with E-state index >= 15 is 0 Å². The Balaban J connectivity index is 1.95. The minimum absolute atomic E-state index is 0.0989. The van der Waals surface area contributed by atoms with Gasteiger partial charge in [-0.3, -0.25) is 0 Å². The molecule has 0 saturated carbocycles. The van der Waals surface area contributed by atoms with Gasteiger partial charge in [0, 0.05) is 15.3 Å². The predicted octanol–water partition coefficient (Wildman–Crippen LogP) is 4.50. The quantitative estimate of drug-likeness (QED) is 0.717. The molecule has 3 rings (SSSR count). The Morgan fingerprint density at radius 2 is 1.85 bits per heavy atom. The molecule has 0 atom stereocenters. The highest BCUT2D eigenvalue weighted by atomic mass is 32.1. The number of ether oxygens (including phenoxy) is 1. The van der Waals surface area contributed by atoms with Gasteiger partial charge in [-0.2, -0.15) is 0 Å². The van der Waals surface area contributed by atoms with Crippen molar-refractivity contribution in [3.63, 3.8) is 0 Å². The highest BCUT2D eigenvalue weighted by molar-refractivity contribution is 7.22. The van der Waals surface area contributed by atoms with Gasteiger partial charge in [-0.05, 0) is 47.3 Å². The third-order valence-corrected chi connectivity index (χ3v) is 4.18. The Kier molecular flexibility index (Phi) is 3.56. The van der Waals surface area contributed by atoms with Gasteiger partial charge < -0.3 is 10.5 Å². The Bertz CT molecular complexity index is 721. The molecule has 1 heterocycles. The van der Waals surface area contributed by atoms with Crippen LogP contribution in [0.15, 0.2) is 48.5 Å². The standard InChI is InChI=1S/C16H14FNOS/c17-7-8-19-14-6-3-12-9-15(20-16(12)10-14)11-1-4-13(18)5-2-11/h1-6,9-10H,7-8,18H2. The van der Waals surface area contributed by atoms with Crippen molar-refractivity contribution in [1.82, 2.24) is 0 Å². The number of nitrogens with two attached hydrogens (primary N) is 1. The third-order valence-electron chi connectivity index (χ3n) is 3.03. The smallest absolute Gasteiger partial charge is 0.123 e. The number of hydrogen-bond donors (Lipinski definition) is 1. The van der Waals surface area contributed by atoms with Crippen LogP contribution < -0.4 is 10.5 Å². The molecule has 0 saturated heterocycles. The summed E-state index contributed by atoms with van der Waals surface area (Å²) in [5.41, 5.74) is 7.61. The molecule has 0 aliphatic rings. The van der Waals surface area contributed by atoms with E-state index < -0.39 is 6.67 Å². The van der Waals surface area contributed by atoms with Crippen LogP contribution >= 0.6 is 11.3 Å². The fraction of sp³-hybridized carbons (Fsp3) is 0.125. The summed E-state index contributed by atoms with van der Waals surface area (Å²) in [4.78, 5) is 1.18. The zero-order valence-electron chi connectivity index (χ0n) is 10.8. The van der Waals surface area contributed by atoms with Crippen LogP contribution in [0.4, 0.5) is 10.1 Å². The van der Waals surface area contributed by atoms with E-state index in [0.717, 1.165) is 21.3 Å². The number of nitrogen functional groups attached to an aromatic ring is 1. The van der Waals surface area contributed by atoms with Crippen LogP contribution in [0.3, 0.4) is 0 Å². The van der Waals surface area contributed by atoms with Gasteiger partial charge in [-0.25, -0.2) is 4.39 Å². The van der Waals surface area contributed by atoms with Gasteiger partial charge in [0.1, 0.15) is 19.0 Å². The Morgan fingerprint density at radius 3 is 2.60 bits per heavy atom. The van der Waals surface area contributed by atoms with Crippen LogP contribution in [-0.2, 0) is 0 Å². The van der Waals surface area contributed by atoms with E-state index in [1.165, 1.54) is 4.88 Å². The van der Waals surface area contributed by atoms with E-state index in [1.807, 2.05) is 42.5 Å². The van der Waals surface area contributed by atoms with Crippen molar-refractivity contribution in [3.05, 3.63) is 48.5 Å². The highest BCUT2D eigenvalue weighted by Crippen LogP contribution is 2.35. The van der Waals surface area contributed by atoms with Crippen LogP contribution in [0.2, 0.25) is 0 Å². The molecule has 0 aliphatic heterocycles. The molecule has 0 spiro atoms. The summed E-state index contributed by atoms with van der Waals surface area (Å²) in [5.74, 6) is 0.709. The van der Waals surface area contributed by atoms with Crippen molar-refractivity contribution < 1.29 is 9.13 Å². The molecule has 4 heteroatoms. The lowest BCUT2D eigenvalue weighted by Crippen LogP contribution is -1.97. The van der Waals surface area contributed by atoms with Gasteiger partial charge in [0.05, 0.1) is 0 Å². The summed E-state index contributed by atoms with van der Waals surface area (Å²) in [6, 6.07) is 15.8. The largest absolute Gasteiger partial charge is 0.491 e. The SMILES string of the molecule is Nc1ccc(-c2cc3ccc(OCCF)cc3s2)cc1. The number of anilines is 1. The lowest BCUT2D eigenvalue weighted by Gasteiger charge is -2.02. The molecule has 0 unspecified atom stereocenters. The average Bonchev–Trinajstić information content (AvgIpc) is 2.89. The molecule has 2 N–H and O–H groups in total. The van der Waals surface area contributed by atoms with Crippen LogP contribution in [0.25, 0.3) is 20.5 Å². The van der Waals surface area contributed by atoms with Crippen molar-refractivity contribution >= 4 is 27.1 Å². The van der Waals surface area contributed by atoms with Crippen molar-refractivity contribution in [2.24, 2.45) is 0 Å². The molecule has 0 radical (unpaired) electrons. The topological polar surface area (TPSA) is 35.2 Å². The van der Waals surface area contributed by atoms with Crippen molar-refractivity contribution in [3.8, 4) is 16.2 Å². The number of benzene rings is 2. The fourth-order valence-corrected chi connectivity index (χ4v) is 3.14. The minimum atomic E-state index is -0.473. The molecule has 0 aliphatic carbocycles. The molecule has 2 aromatic carbocycles. The van der Waals surface area contributed by atoms with Gasteiger partial charge in [0.15, 0.2) is 0 Å². The van der Waals surface area contributed by atoms with E-state index in [2.05, 4.69) is 6.07 Å². The second kappa shape index (κ2) is 5.51. The third kappa shape index (κ3) is 2.60. The minimum Gasteiger partial charge on any atom is -0.491 e. The van der Waals surface area contributed by atoms with Crippen molar-refractivity contribution in [2.45, 2.75) is 0 Å². The zero-order chi connectivity index (χ0) is 13.9. The molecule has 0 fully saturated rings. The summed E-state index contributed by atoms with van der Waals surface area (Å²) in [6.45, 7) is -0.374. The molecular weight excluding hydrogens is 273 g/mol. The number of thiophene rings is 1. The van der Waals surface area contributed by atoms with Gasteiger partial charge in [0.2, 0.25) is 0 Å². The number of rotatable bonds is 4. The second-order valence-electron chi connectivity index (χ2n) is 4.47. The summed E-state index contributed by atoms with van der Waals surface area (Å²) < 4.78 is 18.6. The molecule has 2 nitrogen and oxygen atoms in total. The lowest BCUT2D eigenvalue weighted by atomic mass is 10.1. The summed E-state index contributed by atoms with van der Waals surface area (Å²) in [6.07, 6.45) is 0. The number of alkyl halides is 1. The monoisotopic (exact) mass is 287 g/mol. The first-order valence-corrected chi connectivity index (χ1v) is 7.16. The molecule has 1 aromatic heterocycles. The normalized spacial score (nSPS) is 10.8. The Hall–Kier alpha value is -2.07. The first kappa shape index (κ1) is 12.9. The van der Waals surface area contributed by atoms with Gasteiger partial charge in [-0.15, -0.1) is 11.3 Å². The van der Waals surface area contributed by atoms with Crippen LogP contribution in [0, 0.1) is 0 Å². The Morgan fingerprint density at radius 1 is 1.05 bits per heavy atom. The van der Waals surface area contributed by atoms with Crippen molar-refractivity contribution in [1.29, 1.82) is 0 Å². The molecule has 20 heavy (non-hydrogen) atoms. The molecule has 3 aromatic rings. The first-order chi connectivity index (χ1) is 9.76. The number of fused-ring (bicyclic) bond motifs is 1. The lowest BCUT2D eigenvalue weighted by molar-refractivity contribution is 0.273. The molecule has 0 amide bonds. The Labute approximate surface area is 120 Å². The summed E-state index contributed by atoms with van der Waals surface area (Å²) >= 11 is 1.69. The van der Waals surface area contributed by atoms with E-state index in [-0.39, 0.29) is 6.61 Å². The maximum atomic E-state index is 12.1. The molecule has 0 bridgehead atoms. The number of halogens is 1. The maximum absolute atomic E-state index is 12.1. The molecular formula is C16H14FNOS. The average molecular weight is 287 g/mol. The van der Waals surface area contributed by atoms with Gasteiger partial charge in [-0.1, -0.05) is 12.1 Å². The summed E-state index contributed by atoms with van der Waals surface area (Å²) in [7, 11) is 0. The van der Waals surface area contributed by atoms with E-state index in [0.29, 0.717) is 5.75 Å². The van der Waals surface area contributed by atoms with Gasteiger partial charge >= 0.3 is 0 Å². The van der Waals surface area contributed by atoms with Crippen LogP contribution in [0.1, 0.15) is 0 Å². The van der Waals surface area contributed by atoms with Crippen molar-refractivity contribution in [2.75, 3.05) is 19.0 Å². The first-order valence-electron chi connectivity index (χ1n) is 6.34. The predicted molar refractivity (Wildman–Crippen MR) is 83.1 cm³/mol. The van der Waals surface area contributed by atoms with Crippen LogP contribution in [-0.4, -0.2) is 13.3 Å². The maximum Gasteiger partial charge on any atom is 0.123 e. The van der Waals surface area contributed by atoms with Crippen LogP contribution in [0.5, 0.6) is 5.75 Å². The highest BCUT2D eigenvalue weighted by Gasteiger charge is 2.05. The zero-order valence-corrected chi connectivity index (χ0v) is 11.6. The molecule has 102 valence electrons. The van der Waals surface area contributed by atoms with E-state index in [9.17, 15) is 4.39 Å². The number of hydrogen-bond acceptors (Lipinski definition) is 3. The second-order valence-corrected chi connectivity index (χ2v) is 5.55.